The van der Waals surface area contributed by atoms with Crippen LogP contribution in [0.2, 0.25) is 0 Å². The fraction of sp³-hybridized carbons (Fsp3) is 0.619. The number of amides is 2. The standard InChI is InChI=1S/C21H31N3O3/c1-27-16-21(10-5-6-11-21)23-19(25)15-18-20(26)22-12-14-24(18)13-9-17-7-3-2-4-8-17/h2-4,7-8,18H,5-6,9-16H2,1H3,(H,22,26)(H,23,25). The number of carbonyl (C=O) groups excluding carboxylic acids is 2. The summed E-state index contributed by atoms with van der Waals surface area (Å²) in [4.78, 5) is 27.3. The van der Waals surface area contributed by atoms with Crippen molar-refractivity contribution in [1.29, 1.82) is 0 Å². The lowest BCUT2D eigenvalue weighted by atomic mass is 9.97. The van der Waals surface area contributed by atoms with Gasteiger partial charge in [-0.15, -0.1) is 0 Å². The maximum Gasteiger partial charge on any atom is 0.237 e. The fourth-order valence-electron chi connectivity index (χ4n) is 4.32. The molecule has 2 fully saturated rings. The Balaban J connectivity index is 1.59. The third-order valence-electron chi connectivity index (χ3n) is 5.74. The van der Waals surface area contributed by atoms with Crippen LogP contribution in [0, 0.1) is 0 Å². The molecule has 2 N–H and O–H groups in total. The van der Waals surface area contributed by atoms with Crippen molar-refractivity contribution in [3.8, 4) is 0 Å². The van der Waals surface area contributed by atoms with Gasteiger partial charge in [-0.3, -0.25) is 14.5 Å². The van der Waals surface area contributed by atoms with Crippen molar-refractivity contribution in [3.05, 3.63) is 35.9 Å². The Morgan fingerprint density at radius 3 is 2.74 bits per heavy atom. The van der Waals surface area contributed by atoms with Crippen molar-refractivity contribution in [3.63, 3.8) is 0 Å². The summed E-state index contributed by atoms with van der Waals surface area (Å²) in [6.45, 7) is 2.73. The number of nitrogens with one attached hydrogen (secondary N) is 2. The van der Waals surface area contributed by atoms with Crippen molar-refractivity contribution < 1.29 is 14.3 Å². The van der Waals surface area contributed by atoms with Crippen LogP contribution in [-0.2, 0) is 20.7 Å². The molecular formula is C21H31N3O3. The number of rotatable bonds is 8. The van der Waals surface area contributed by atoms with E-state index in [1.807, 2.05) is 18.2 Å². The Labute approximate surface area is 161 Å². The average molecular weight is 373 g/mol. The molecule has 1 aliphatic heterocycles. The lowest BCUT2D eigenvalue weighted by Crippen LogP contribution is -2.58. The van der Waals surface area contributed by atoms with E-state index in [4.69, 9.17) is 4.74 Å². The van der Waals surface area contributed by atoms with Crippen LogP contribution in [0.1, 0.15) is 37.7 Å². The third kappa shape index (κ3) is 5.30. The van der Waals surface area contributed by atoms with Crippen molar-refractivity contribution >= 4 is 11.8 Å². The summed E-state index contributed by atoms with van der Waals surface area (Å²) in [6.07, 6.45) is 5.18. The van der Waals surface area contributed by atoms with Crippen LogP contribution in [0.25, 0.3) is 0 Å². The molecule has 6 nitrogen and oxygen atoms in total. The minimum Gasteiger partial charge on any atom is -0.382 e. The van der Waals surface area contributed by atoms with Crippen LogP contribution in [-0.4, -0.2) is 61.6 Å². The molecule has 1 atom stereocenters. The van der Waals surface area contributed by atoms with E-state index in [1.54, 1.807) is 7.11 Å². The Morgan fingerprint density at radius 1 is 1.30 bits per heavy atom. The molecule has 6 heteroatoms. The zero-order valence-corrected chi connectivity index (χ0v) is 16.2. The third-order valence-corrected chi connectivity index (χ3v) is 5.74. The average Bonchev–Trinajstić information content (AvgIpc) is 3.11. The zero-order valence-electron chi connectivity index (χ0n) is 16.2. The van der Waals surface area contributed by atoms with Gasteiger partial charge in [-0.05, 0) is 24.8 Å². The van der Waals surface area contributed by atoms with Gasteiger partial charge in [0.1, 0.15) is 0 Å². The van der Waals surface area contributed by atoms with Gasteiger partial charge in [0.2, 0.25) is 11.8 Å². The van der Waals surface area contributed by atoms with E-state index in [0.29, 0.717) is 13.2 Å². The summed E-state index contributed by atoms with van der Waals surface area (Å²) >= 11 is 0. The van der Waals surface area contributed by atoms with Crippen LogP contribution in [0.5, 0.6) is 0 Å². The van der Waals surface area contributed by atoms with Crippen molar-refractivity contribution in [2.24, 2.45) is 0 Å². The number of piperazine rings is 1. The van der Waals surface area contributed by atoms with Gasteiger partial charge in [0.05, 0.1) is 24.6 Å². The van der Waals surface area contributed by atoms with Gasteiger partial charge in [-0.2, -0.15) is 0 Å². The van der Waals surface area contributed by atoms with Gasteiger partial charge in [0, 0.05) is 26.7 Å². The van der Waals surface area contributed by atoms with E-state index in [2.05, 4.69) is 27.7 Å². The molecule has 148 valence electrons. The highest BCUT2D eigenvalue weighted by molar-refractivity contribution is 5.89. The largest absolute Gasteiger partial charge is 0.382 e. The Morgan fingerprint density at radius 2 is 2.04 bits per heavy atom. The summed E-state index contributed by atoms with van der Waals surface area (Å²) in [6, 6.07) is 9.85. The number of nitrogens with zero attached hydrogens (tertiary/aromatic N) is 1. The predicted octanol–water partition coefficient (Wildman–Crippen LogP) is 1.50. The molecule has 1 aromatic carbocycles. The van der Waals surface area contributed by atoms with E-state index in [-0.39, 0.29) is 23.8 Å². The molecule has 1 saturated heterocycles. The summed E-state index contributed by atoms with van der Waals surface area (Å²) in [5.74, 6) is -0.0996. The Hall–Kier alpha value is -1.92. The first-order chi connectivity index (χ1) is 13.1. The van der Waals surface area contributed by atoms with Gasteiger partial charge in [-0.25, -0.2) is 0 Å². The molecule has 0 radical (unpaired) electrons. The zero-order chi connectivity index (χ0) is 19.1. The molecule has 1 aromatic rings. The summed E-state index contributed by atoms with van der Waals surface area (Å²) in [5, 5.41) is 6.09. The summed E-state index contributed by atoms with van der Waals surface area (Å²) < 4.78 is 5.35. The topological polar surface area (TPSA) is 70.7 Å². The maximum absolute atomic E-state index is 12.7. The maximum atomic E-state index is 12.7. The molecule has 27 heavy (non-hydrogen) atoms. The number of benzene rings is 1. The molecule has 2 aliphatic rings. The second kappa shape index (κ2) is 9.33. The minimum atomic E-state index is -0.400. The monoisotopic (exact) mass is 373 g/mol. The molecule has 0 bridgehead atoms. The van der Waals surface area contributed by atoms with Crippen LogP contribution in [0.3, 0.4) is 0 Å². The first kappa shape index (κ1) is 19.8. The minimum absolute atomic E-state index is 0.0447. The molecule has 1 heterocycles. The number of hydrogen-bond donors (Lipinski definition) is 2. The van der Waals surface area contributed by atoms with E-state index < -0.39 is 6.04 Å². The van der Waals surface area contributed by atoms with Crippen LogP contribution in [0.15, 0.2) is 30.3 Å². The SMILES string of the molecule is COCC1(NC(=O)CC2C(=O)NCCN2CCc2ccccc2)CCCC1. The molecule has 1 unspecified atom stereocenters. The highest BCUT2D eigenvalue weighted by Gasteiger charge is 2.37. The van der Waals surface area contributed by atoms with Crippen molar-refractivity contribution in [1.82, 2.24) is 15.5 Å². The normalized spacial score (nSPS) is 22.4. The summed E-state index contributed by atoms with van der Waals surface area (Å²) in [7, 11) is 1.67. The fourth-order valence-corrected chi connectivity index (χ4v) is 4.32. The number of hydrogen-bond acceptors (Lipinski definition) is 4. The van der Waals surface area contributed by atoms with Gasteiger partial charge in [0.15, 0.2) is 0 Å². The van der Waals surface area contributed by atoms with Crippen LogP contribution < -0.4 is 10.6 Å². The second-order valence-electron chi connectivity index (χ2n) is 7.75. The van der Waals surface area contributed by atoms with E-state index in [0.717, 1.165) is 45.2 Å². The van der Waals surface area contributed by atoms with Crippen LogP contribution in [0.4, 0.5) is 0 Å². The van der Waals surface area contributed by atoms with Gasteiger partial charge in [-0.1, -0.05) is 43.2 Å². The van der Waals surface area contributed by atoms with E-state index in [1.165, 1.54) is 5.56 Å². The summed E-state index contributed by atoms with van der Waals surface area (Å²) in [5.41, 5.74) is 0.989. The molecule has 2 amide bonds. The lowest BCUT2D eigenvalue weighted by molar-refractivity contribution is -0.134. The van der Waals surface area contributed by atoms with E-state index >= 15 is 0 Å². The number of methoxy groups -OCH3 is 1. The quantitative estimate of drug-likeness (QED) is 0.724. The lowest BCUT2D eigenvalue weighted by Gasteiger charge is -2.36. The molecule has 1 aliphatic carbocycles. The second-order valence-corrected chi connectivity index (χ2v) is 7.75. The predicted molar refractivity (Wildman–Crippen MR) is 104 cm³/mol. The highest BCUT2D eigenvalue weighted by Crippen LogP contribution is 2.30. The molecule has 0 spiro atoms. The Kier molecular flexibility index (Phi) is 6.85. The molecule has 0 aromatic heterocycles. The number of carbonyl (C=O) groups is 2. The molecular weight excluding hydrogens is 342 g/mol. The van der Waals surface area contributed by atoms with E-state index in [9.17, 15) is 9.59 Å². The Bertz CT molecular complexity index is 629. The van der Waals surface area contributed by atoms with Crippen molar-refractivity contribution in [2.45, 2.75) is 50.1 Å². The molecule has 1 saturated carbocycles. The van der Waals surface area contributed by atoms with Gasteiger partial charge in [0.25, 0.3) is 0 Å². The molecule has 3 rings (SSSR count). The van der Waals surface area contributed by atoms with Gasteiger partial charge < -0.3 is 15.4 Å². The smallest absolute Gasteiger partial charge is 0.237 e. The first-order valence-electron chi connectivity index (χ1n) is 9.97. The van der Waals surface area contributed by atoms with Crippen molar-refractivity contribution in [2.75, 3.05) is 33.4 Å². The number of ether oxygens (including phenoxy) is 1. The van der Waals surface area contributed by atoms with Gasteiger partial charge >= 0.3 is 0 Å². The van der Waals surface area contributed by atoms with Crippen LogP contribution >= 0.6 is 0 Å². The highest BCUT2D eigenvalue weighted by atomic mass is 16.5. The first-order valence-corrected chi connectivity index (χ1v) is 9.97.